The van der Waals surface area contributed by atoms with E-state index in [0.717, 1.165) is 21.2 Å². The van der Waals surface area contributed by atoms with Crippen molar-refractivity contribution in [1.82, 2.24) is 5.16 Å². The number of anilines is 1. The van der Waals surface area contributed by atoms with Gasteiger partial charge in [0.2, 0.25) is 0 Å². The molecule has 0 aliphatic heterocycles. The van der Waals surface area contributed by atoms with E-state index in [1.54, 1.807) is 18.2 Å². The smallest absolute Gasteiger partial charge is 0.266 e. The van der Waals surface area contributed by atoms with Gasteiger partial charge in [0.1, 0.15) is 10.6 Å². The predicted octanol–water partition coefficient (Wildman–Crippen LogP) is 4.75. The van der Waals surface area contributed by atoms with E-state index in [-0.39, 0.29) is 21.9 Å². The molecule has 1 aliphatic carbocycles. The van der Waals surface area contributed by atoms with Gasteiger partial charge in [0, 0.05) is 15.6 Å². The summed E-state index contributed by atoms with van der Waals surface area (Å²) in [5, 5.41) is 4.04. The summed E-state index contributed by atoms with van der Waals surface area (Å²) in [4.78, 5) is 0.0486. The fourth-order valence-corrected chi connectivity index (χ4v) is 5.18. The van der Waals surface area contributed by atoms with Crippen molar-refractivity contribution in [3.05, 3.63) is 58.1 Å². The number of sulfonamides is 1. The van der Waals surface area contributed by atoms with Gasteiger partial charge in [-0.2, -0.15) is 0 Å². The molecule has 146 valence electrons. The lowest BCUT2D eigenvalue weighted by Crippen LogP contribution is -2.26. The number of para-hydroxylation sites is 1. The first-order valence-corrected chi connectivity index (χ1v) is 11.0. The average molecular weight is 463 g/mol. The Bertz CT molecular complexity index is 1170. The molecular weight excluding hydrogens is 444 g/mol. The summed E-state index contributed by atoms with van der Waals surface area (Å²) in [5.41, 5.74) is 2.60. The number of halogens is 1. The van der Waals surface area contributed by atoms with Crippen LogP contribution in [-0.2, 0) is 21.9 Å². The van der Waals surface area contributed by atoms with Gasteiger partial charge in [0.25, 0.3) is 10.0 Å². The summed E-state index contributed by atoms with van der Waals surface area (Å²) in [6.45, 7) is 4.24. The van der Waals surface area contributed by atoms with Gasteiger partial charge in [-0.15, -0.1) is 0 Å². The van der Waals surface area contributed by atoms with E-state index in [4.69, 9.17) is 9.26 Å². The van der Waals surface area contributed by atoms with Gasteiger partial charge < -0.3 is 9.26 Å². The normalized spacial score (nSPS) is 14.9. The van der Waals surface area contributed by atoms with Crippen LogP contribution < -0.4 is 9.46 Å². The minimum Gasteiger partial charge on any atom is -0.495 e. The van der Waals surface area contributed by atoms with E-state index >= 15 is 0 Å². The molecule has 0 saturated heterocycles. The minimum absolute atomic E-state index is 0.0486. The number of hydrogen-bond donors (Lipinski definition) is 1. The van der Waals surface area contributed by atoms with Crippen molar-refractivity contribution in [3.63, 3.8) is 0 Å². The molecule has 1 N–H and O–H groups in total. The molecule has 0 amide bonds. The van der Waals surface area contributed by atoms with Crippen molar-refractivity contribution in [3.8, 4) is 17.1 Å². The third kappa shape index (κ3) is 3.10. The highest BCUT2D eigenvalue weighted by atomic mass is 79.9. The summed E-state index contributed by atoms with van der Waals surface area (Å²) in [6.07, 6.45) is 0.601. The summed E-state index contributed by atoms with van der Waals surface area (Å²) in [6, 6.07) is 12.5. The molecule has 1 aromatic heterocycles. The van der Waals surface area contributed by atoms with Crippen molar-refractivity contribution in [2.45, 2.75) is 30.6 Å². The Morgan fingerprint density at radius 3 is 2.71 bits per heavy atom. The molecule has 3 aromatic rings. The lowest BCUT2D eigenvalue weighted by Gasteiger charge is -2.31. The largest absolute Gasteiger partial charge is 0.495 e. The fourth-order valence-electron chi connectivity index (χ4n) is 3.62. The van der Waals surface area contributed by atoms with Crippen LogP contribution in [0.5, 0.6) is 5.75 Å². The quantitative estimate of drug-likeness (QED) is 0.604. The number of rotatable bonds is 4. The molecule has 1 heterocycles. The van der Waals surface area contributed by atoms with Crippen molar-refractivity contribution < 1.29 is 17.7 Å². The molecule has 0 fully saturated rings. The average Bonchev–Trinajstić information content (AvgIpc) is 3.02. The molecule has 0 unspecified atom stereocenters. The molecule has 6 nitrogen and oxygen atoms in total. The SMILES string of the molecule is COc1ccccc1S(=O)(=O)Nc1noc2c1CC(C)(C)c1ccc(Br)cc1-2. The van der Waals surface area contributed by atoms with Crippen molar-refractivity contribution in [2.75, 3.05) is 11.8 Å². The number of fused-ring (bicyclic) bond motifs is 3. The predicted molar refractivity (Wildman–Crippen MR) is 110 cm³/mol. The number of methoxy groups -OCH3 is 1. The van der Waals surface area contributed by atoms with Crippen molar-refractivity contribution in [2.24, 2.45) is 0 Å². The van der Waals surface area contributed by atoms with Crippen LogP contribution in [0.25, 0.3) is 11.3 Å². The molecule has 2 aromatic carbocycles. The molecule has 1 aliphatic rings. The third-order valence-electron chi connectivity index (χ3n) is 4.95. The number of nitrogens with zero attached hydrogens (tertiary/aromatic N) is 1. The second kappa shape index (κ2) is 6.63. The molecule has 8 heteroatoms. The number of nitrogens with one attached hydrogen (secondary N) is 1. The molecule has 0 saturated carbocycles. The van der Waals surface area contributed by atoms with E-state index < -0.39 is 10.0 Å². The van der Waals surface area contributed by atoms with Gasteiger partial charge in [0.05, 0.1) is 7.11 Å². The minimum atomic E-state index is -3.89. The summed E-state index contributed by atoms with van der Waals surface area (Å²) in [5.74, 6) is 1.06. The molecule has 28 heavy (non-hydrogen) atoms. The molecule has 0 atom stereocenters. The van der Waals surface area contributed by atoms with E-state index in [1.807, 2.05) is 12.1 Å². The van der Waals surface area contributed by atoms with Crippen LogP contribution in [0.15, 0.2) is 56.4 Å². The van der Waals surface area contributed by atoms with E-state index in [0.29, 0.717) is 12.2 Å². The van der Waals surface area contributed by atoms with Gasteiger partial charge in [-0.3, -0.25) is 4.72 Å². The molecule has 4 rings (SSSR count). The van der Waals surface area contributed by atoms with Crippen molar-refractivity contribution >= 4 is 31.8 Å². The lowest BCUT2D eigenvalue weighted by atomic mass is 9.72. The first-order chi connectivity index (χ1) is 13.2. The zero-order valence-corrected chi connectivity index (χ0v) is 18.0. The lowest BCUT2D eigenvalue weighted by molar-refractivity contribution is 0.403. The molecule has 0 bridgehead atoms. The Balaban J connectivity index is 1.80. The molecule has 0 radical (unpaired) electrons. The fraction of sp³-hybridized carbons (Fsp3) is 0.250. The zero-order valence-electron chi connectivity index (χ0n) is 15.6. The van der Waals surface area contributed by atoms with Gasteiger partial charge in [0.15, 0.2) is 11.6 Å². The maximum Gasteiger partial charge on any atom is 0.266 e. The number of hydrogen-bond acceptors (Lipinski definition) is 5. The summed E-state index contributed by atoms with van der Waals surface area (Å²) in [7, 11) is -2.45. The maximum atomic E-state index is 12.9. The third-order valence-corrected chi connectivity index (χ3v) is 6.82. The highest BCUT2D eigenvalue weighted by Gasteiger charge is 2.37. The van der Waals surface area contributed by atoms with Crippen LogP contribution in [0.4, 0.5) is 5.82 Å². The van der Waals surface area contributed by atoms with Crippen molar-refractivity contribution in [1.29, 1.82) is 0 Å². The topological polar surface area (TPSA) is 81.4 Å². The van der Waals surface area contributed by atoms with E-state index in [1.165, 1.54) is 13.2 Å². The number of benzene rings is 2. The summed E-state index contributed by atoms with van der Waals surface area (Å²) < 4.78 is 40.1. The van der Waals surface area contributed by atoms with Crippen LogP contribution in [0.3, 0.4) is 0 Å². The Morgan fingerprint density at radius 1 is 1.21 bits per heavy atom. The van der Waals surface area contributed by atoms with E-state index in [9.17, 15) is 8.42 Å². The standard InChI is InChI=1S/C20H19BrN2O4S/c1-20(2)11-14-18(13-10-12(21)8-9-15(13)20)27-22-19(14)23-28(24,25)17-7-5-4-6-16(17)26-3/h4-10H,11H2,1-3H3,(H,22,23). The second-order valence-electron chi connectivity index (χ2n) is 7.35. The van der Waals surface area contributed by atoms with E-state index in [2.05, 4.69) is 45.7 Å². The maximum absolute atomic E-state index is 12.9. The summed E-state index contributed by atoms with van der Waals surface area (Å²) >= 11 is 3.49. The van der Waals surface area contributed by atoms with Crippen LogP contribution in [0.1, 0.15) is 25.0 Å². The Hall–Kier alpha value is -2.32. The highest BCUT2D eigenvalue weighted by Crippen LogP contribution is 2.46. The second-order valence-corrected chi connectivity index (χ2v) is 9.91. The monoisotopic (exact) mass is 462 g/mol. The Labute approximate surface area is 172 Å². The van der Waals surface area contributed by atoms with Gasteiger partial charge in [-0.1, -0.05) is 53.1 Å². The molecular formula is C20H19BrN2O4S. The number of ether oxygens (including phenoxy) is 1. The van der Waals surface area contributed by atoms with Crippen LogP contribution >= 0.6 is 15.9 Å². The Morgan fingerprint density at radius 2 is 1.96 bits per heavy atom. The zero-order chi connectivity index (χ0) is 20.1. The molecule has 0 spiro atoms. The first kappa shape index (κ1) is 19.0. The van der Waals surface area contributed by atoms with Crippen LogP contribution in [-0.4, -0.2) is 20.7 Å². The first-order valence-electron chi connectivity index (χ1n) is 8.68. The van der Waals surface area contributed by atoms with Gasteiger partial charge >= 0.3 is 0 Å². The Kier molecular flexibility index (Phi) is 4.50. The number of aromatic nitrogens is 1. The van der Waals surface area contributed by atoms with Gasteiger partial charge in [-0.25, -0.2) is 8.42 Å². The van der Waals surface area contributed by atoms with Crippen LogP contribution in [0.2, 0.25) is 0 Å². The van der Waals surface area contributed by atoms with Gasteiger partial charge in [-0.05, 0) is 41.7 Å². The highest BCUT2D eigenvalue weighted by molar-refractivity contribution is 9.10. The van der Waals surface area contributed by atoms with Crippen LogP contribution in [0, 0.1) is 0 Å².